The van der Waals surface area contributed by atoms with Gasteiger partial charge in [-0.25, -0.2) is 0 Å². The van der Waals surface area contributed by atoms with Gasteiger partial charge in [-0.05, 0) is 6.92 Å². The van der Waals surface area contributed by atoms with E-state index >= 15 is 0 Å². The predicted octanol–water partition coefficient (Wildman–Crippen LogP) is 3.81. The van der Waals surface area contributed by atoms with E-state index in [-0.39, 0.29) is 29.4 Å². The summed E-state index contributed by atoms with van der Waals surface area (Å²) in [5.41, 5.74) is -0.0281. The van der Waals surface area contributed by atoms with E-state index in [9.17, 15) is 25.1 Å². The Bertz CT molecular complexity index is 999. The summed E-state index contributed by atoms with van der Waals surface area (Å²) >= 11 is 5.26. The van der Waals surface area contributed by atoms with Gasteiger partial charge in [0.15, 0.2) is 5.60 Å². The molecule has 1 aliphatic rings. The highest BCUT2D eigenvalue weighted by molar-refractivity contribution is 7.99. The third-order valence-electron chi connectivity index (χ3n) is 5.39. The fourth-order valence-electron chi connectivity index (χ4n) is 3.50. The molecule has 0 radical (unpaired) electrons. The van der Waals surface area contributed by atoms with Gasteiger partial charge in [-0.2, -0.15) is 24.4 Å². The number of ketones is 1. The van der Waals surface area contributed by atoms with Crippen LogP contribution in [0, 0.1) is 10.1 Å². The monoisotopic (exact) mass is 475 g/mol. The van der Waals surface area contributed by atoms with Crippen molar-refractivity contribution in [3.05, 3.63) is 87.7 Å². The van der Waals surface area contributed by atoms with Crippen LogP contribution in [-0.4, -0.2) is 44.6 Å². The van der Waals surface area contributed by atoms with Gasteiger partial charge in [-0.1, -0.05) is 48.5 Å². The Hall–Kier alpha value is -2.33. The number of ether oxygens (including phenoxy) is 1. The molecule has 0 saturated heterocycles. The van der Waals surface area contributed by atoms with Crippen molar-refractivity contribution in [2.24, 2.45) is 0 Å². The van der Waals surface area contributed by atoms with E-state index in [1.165, 1.54) is 23.9 Å². The van der Waals surface area contributed by atoms with Gasteiger partial charge in [0, 0.05) is 46.4 Å². The maximum atomic E-state index is 12.8. The first-order chi connectivity index (χ1) is 15.3. The van der Waals surface area contributed by atoms with Crippen LogP contribution in [0.25, 0.3) is 0 Å². The third-order valence-corrected chi connectivity index (χ3v) is 7.12. The third kappa shape index (κ3) is 5.35. The molecule has 2 aromatic carbocycles. The summed E-state index contributed by atoms with van der Waals surface area (Å²) in [5, 5.41) is 31.1. The second-order valence-corrected chi connectivity index (χ2v) is 9.24. The largest absolute Gasteiger partial charge is 0.479 e. The number of hydrogen-bond acceptors (Lipinski definition) is 8. The van der Waals surface area contributed by atoms with E-state index in [0.29, 0.717) is 11.3 Å². The SMILES string of the molecule is CC1(c2ccccc2)OC(CC(SCC(O)C(O)CS)c2ccccc2[N+](=O)[O-])=CC1=O. The minimum Gasteiger partial charge on any atom is -0.479 e. The van der Waals surface area contributed by atoms with Gasteiger partial charge in [0.1, 0.15) is 5.76 Å². The summed E-state index contributed by atoms with van der Waals surface area (Å²) in [7, 11) is 0. The van der Waals surface area contributed by atoms with Crippen molar-refractivity contribution in [3.63, 3.8) is 0 Å². The van der Waals surface area contributed by atoms with Gasteiger partial charge in [-0.15, -0.1) is 0 Å². The summed E-state index contributed by atoms with van der Waals surface area (Å²) in [5.74, 6) is 0.447. The molecule has 1 aliphatic heterocycles. The molecule has 3 rings (SSSR count). The van der Waals surface area contributed by atoms with Gasteiger partial charge in [0.05, 0.1) is 17.1 Å². The minimum atomic E-state index is -1.16. The lowest BCUT2D eigenvalue weighted by Gasteiger charge is -2.26. The number of carbonyl (C=O) groups is 1. The lowest BCUT2D eigenvalue weighted by molar-refractivity contribution is -0.385. The van der Waals surface area contributed by atoms with Crippen molar-refractivity contribution in [2.45, 2.75) is 36.4 Å². The summed E-state index contributed by atoms with van der Waals surface area (Å²) in [4.78, 5) is 23.9. The van der Waals surface area contributed by atoms with Crippen LogP contribution in [0.5, 0.6) is 0 Å². The number of rotatable bonds is 10. The van der Waals surface area contributed by atoms with Gasteiger partial charge in [0.25, 0.3) is 5.69 Å². The van der Waals surface area contributed by atoms with Crippen LogP contribution < -0.4 is 0 Å². The van der Waals surface area contributed by atoms with Gasteiger partial charge in [-0.3, -0.25) is 14.9 Å². The Morgan fingerprint density at radius 2 is 1.78 bits per heavy atom. The summed E-state index contributed by atoms with van der Waals surface area (Å²) in [6, 6.07) is 15.5. The summed E-state index contributed by atoms with van der Waals surface area (Å²) in [6.45, 7) is 1.70. The molecule has 2 aromatic rings. The Kier molecular flexibility index (Phi) is 8.00. The molecule has 0 aromatic heterocycles. The number of carbonyl (C=O) groups excluding carboxylic acids is 1. The second-order valence-electron chi connectivity index (χ2n) is 7.64. The van der Waals surface area contributed by atoms with Crippen LogP contribution in [0.1, 0.15) is 29.7 Å². The number of benzene rings is 2. The van der Waals surface area contributed by atoms with E-state index in [2.05, 4.69) is 12.6 Å². The maximum absolute atomic E-state index is 12.8. The molecule has 4 unspecified atom stereocenters. The smallest absolute Gasteiger partial charge is 0.273 e. The van der Waals surface area contributed by atoms with E-state index in [0.717, 1.165) is 5.56 Å². The van der Waals surface area contributed by atoms with Crippen LogP contribution in [0.3, 0.4) is 0 Å². The van der Waals surface area contributed by atoms with Gasteiger partial charge < -0.3 is 14.9 Å². The van der Waals surface area contributed by atoms with E-state index in [1.807, 2.05) is 30.3 Å². The molecule has 7 nitrogen and oxygen atoms in total. The molecule has 1 heterocycles. The number of aliphatic hydroxyl groups is 2. The van der Waals surface area contributed by atoms with E-state index in [1.54, 1.807) is 25.1 Å². The van der Waals surface area contributed by atoms with Crippen molar-refractivity contribution in [2.75, 3.05) is 11.5 Å². The number of aliphatic hydroxyl groups excluding tert-OH is 2. The predicted molar refractivity (Wildman–Crippen MR) is 127 cm³/mol. The summed E-state index contributed by atoms with van der Waals surface area (Å²) < 4.78 is 6.08. The van der Waals surface area contributed by atoms with Crippen LogP contribution in [-0.2, 0) is 15.1 Å². The number of hydrogen-bond donors (Lipinski definition) is 3. The van der Waals surface area contributed by atoms with Gasteiger partial charge >= 0.3 is 0 Å². The fourth-order valence-corrected chi connectivity index (χ4v) is 5.05. The van der Waals surface area contributed by atoms with Crippen molar-refractivity contribution in [1.82, 2.24) is 0 Å². The average Bonchev–Trinajstić information content (AvgIpc) is 3.10. The van der Waals surface area contributed by atoms with Crippen LogP contribution in [0.2, 0.25) is 0 Å². The lowest BCUT2D eigenvalue weighted by atomic mass is 9.92. The minimum absolute atomic E-state index is 0.0509. The molecule has 9 heteroatoms. The quantitative estimate of drug-likeness (QED) is 0.272. The fraction of sp³-hybridized carbons (Fsp3) is 0.348. The van der Waals surface area contributed by atoms with Gasteiger partial charge in [0.2, 0.25) is 5.78 Å². The highest BCUT2D eigenvalue weighted by atomic mass is 32.2. The number of thiol groups is 1. The first-order valence-corrected chi connectivity index (χ1v) is 11.8. The van der Waals surface area contributed by atoms with E-state index in [4.69, 9.17) is 4.74 Å². The van der Waals surface area contributed by atoms with Crippen LogP contribution >= 0.6 is 24.4 Å². The van der Waals surface area contributed by atoms with E-state index < -0.39 is 28.0 Å². The van der Waals surface area contributed by atoms with Crippen molar-refractivity contribution >= 4 is 35.9 Å². The molecule has 4 atom stereocenters. The number of para-hydroxylation sites is 1. The number of nitrogens with zero attached hydrogens (tertiary/aromatic N) is 1. The highest BCUT2D eigenvalue weighted by Gasteiger charge is 2.42. The molecule has 0 fully saturated rings. The van der Waals surface area contributed by atoms with Crippen molar-refractivity contribution in [3.8, 4) is 0 Å². The Labute approximate surface area is 196 Å². The standard InChI is InChI=1S/C23H25NO6S2/c1-23(15-7-3-2-4-8-15)22(27)12-16(30-23)11-21(32-14-20(26)19(25)13-31)17-9-5-6-10-18(17)24(28)29/h2-10,12,19-21,25-26,31H,11,13-14H2,1H3. The van der Waals surface area contributed by atoms with Crippen molar-refractivity contribution < 1.29 is 24.7 Å². The number of nitro benzene ring substituents is 1. The first kappa shape index (κ1) is 24.3. The molecule has 0 amide bonds. The molecule has 2 N–H and O–H groups in total. The van der Waals surface area contributed by atoms with Crippen molar-refractivity contribution in [1.29, 1.82) is 0 Å². The molecule has 0 saturated carbocycles. The molecule has 32 heavy (non-hydrogen) atoms. The normalized spacial score (nSPS) is 20.9. The zero-order valence-electron chi connectivity index (χ0n) is 17.5. The number of thioether (sulfide) groups is 1. The average molecular weight is 476 g/mol. The van der Waals surface area contributed by atoms with Crippen LogP contribution in [0.15, 0.2) is 66.4 Å². The Balaban J connectivity index is 1.86. The zero-order chi connectivity index (χ0) is 23.3. The molecule has 0 spiro atoms. The Morgan fingerprint density at radius 3 is 2.44 bits per heavy atom. The molecular formula is C23H25NO6S2. The highest BCUT2D eigenvalue weighted by Crippen LogP contribution is 2.44. The Morgan fingerprint density at radius 1 is 1.12 bits per heavy atom. The molecular weight excluding hydrogens is 450 g/mol. The lowest BCUT2D eigenvalue weighted by Crippen LogP contribution is -2.30. The summed E-state index contributed by atoms with van der Waals surface area (Å²) in [6.07, 6.45) is -0.401. The second kappa shape index (κ2) is 10.5. The maximum Gasteiger partial charge on any atom is 0.273 e. The van der Waals surface area contributed by atoms with Crippen LogP contribution in [0.4, 0.5) is 5.69 Å². The number of allylic oxidation sites excluding steroid dienone is 1. The zero-order valence-corrected chi connectivity index (χ0v) is 19.2. The molecule has 170 valence electrons. The number of nitro groups is 1. The first-order valence-electron chi connectivity index (χ1n) is 10.1. The molecule has 0 bridgehead atoms. The molecule has 0 aliphatic carbocycles. The topological polar surface area (TPSA) is 110 Å².